The summed E-state index contributed by atoms with van der Waals surface area (Å²) in [6.07, 6.45) is -0.541. The van der Waals surface area contributed by atoms with Gasteiger partial charge in [-0.15, -0.1) is 0 Å². The van der Waals surface area contributed by atoms with Crippen molar-refractivity contribution in [3.63, 3.8) is 0 Å². The molecule has 0 saturated heterocycles. The lowest BCUT2D eigenvalue weighted by Crippen LogP contribution is -2.23. The van der Waals surface area contributed by atoms with Crippen LogP contribution < -0.4 is 10.6 Å². The number of hydrogen-bond acceptors (Lipinski definition) is 5. The summed E-state index contributed by atoms with van der Waals surface area (Å²) in [5.41, 5.74) is 2.74. The molecule has 0 radical (unpaired) electrons. The van der Waals surface area contributed by atoms with Crippen LogP contribution in [0.1, 0.15) is 17.3 Å². The van der Waals surface area contributed by atoms with Crippen LogP contribution >= 0.6 is 0 Å². The van der Waals surface area contributed by atoms with Crippen LogP contribution in [0.15, 0.2) is 48.5 Å². The number of rotatable bonds is 7. The summed E-state index contributed by atoms with van der Waals surface area (Å²) in [6, 6.07) is 14.3. The Morgan fingerprint density at radius 1 is 1.14 bits per heavy atom. The van der Waals surface area contributed by atoms with E-state index in [4.69, 9.17) is 0 Å². The van der Waals surface area contributed by atoms with Crippen molar-refractivity contribution in [2.75, 3.05) is 31.3 Å². The summed E-state index contributed by atoms with van der Waals surface area (Å²) in [6.45, 7) is 2.06. The van der Waals surface area contributed by atoms with Gasteiger partial charge in [0.05, 0.1) is 17.1 Å². The van der Waals surface area contributed by atoms with Gasteiger partial charge in [0.25, 0.3) is 5.91 Å². The molecule has 0 aliphatic carbocycles. The minimum absolute atomic E-state index is 0.0566. The minimum Gasteiger partial charge on any atom is -0.392 e. The Labute approximate surface area is 169 Å². The predicted octanol–water partition coefficient (Wildman–Crippen LogP) is 2.17. The molecule has 1 atom stereocenters. The second-order valence-electron chi connectivity index (χ2n) is 7.07. The quantitative estimate of drug-likeness (QED) is 0.569. The van der Waals surface area contributed by atoms with Gasteiger partial charge in [0, 0.05) is 31.9 Å². The molecule has 29 heavy (non-hydrogen) atoms. The molecular formula is C21H25N5O3. The van der Waals surface area contributed by atoms with E-state index in [9.17, 15) is 14.7 Å². The van der Waals surface area contributed by atoms with Crippen LogP contribution in [0.2, 0.25) is 0 Å². The molecule has 0 fully saturated rings. The van der Waals surface area contributed by atoms with Gasteiger partial charge in [0.1, 0.15) is 6.54 Å². The van der Waals surface area contributed by atoms with E-state index in [-0.39, 0.29) is 18.4 Å². The average molecular weight is 395 g/mol. The molecule has 8 heteroatoms. The Balaban J connectivity index is 1.75. The van der Waals surface area contributed by atoms with E-state index in [0.717, 1.165) is 11.0 Å². The predicted molar refractivity (Wildman–Crippen MR) is 113 cm³/mol. The van der Waals surface area contributed by atoms with Crippen LogP contribution in [-0.2, 0) is 11.3 Å². The second kappa shape index (κ2) is 8.74. The smallest absolute Gasteiger partial charge is 0.253 e. The number of imidazole rings is 1. The van der Waals surface area contributed by atoms with Gasteiger partial charge < -0.3 is 25.2 Å². The van der Waals surface area contributed by atoms with E-state index in [2.05, 4.69) is 15.6 Å². The molecule has 3 rings (SSSR count). The normalized spacial score (nSPS) is 11.9. The van der Waals surface area contributed by atoms with E-state index in [1.807, 2.05) is 24.3 Å². The number of aliphatic hydroxyl groups is 1. The largest absolute Gasteiger partial charge is 0.392 e. The molecule has 1 aromatic heterocycles. The lowest BCUT2D eigenvalue weighted by atomic mass is 10.2. The Hall–Kier alpha value is -3.39. The number of anilines is 2. The highest BCUT2D eigenvalue weighted by Crippen LogP contribution is 2.20. The van der Waals surface area contributed by atoms with Gasteiger partial charge in [-0.2, -0.15) is 0 Å². The third-order valence-corrected chi connectivity index (χ3v) is 4.33. The van der Waals surface area contributed by atoms with Gasteiger partial charge in [0.2, 0.25) is 11.9 Å². The monoisotopic (exact) mass is 395 g/mol. The third kappa shape index (κ3) is 4.91. The lowest BCUT2D eigenvalue weighted by molar-refractivity contribution is -0.116. The van der Waals surface area contributed by atoms with Crippen molar-refractivity contribution in [3.05, 3.63) is 54.1 Å². The van der Waals surface area contributed by atoms with E-state index >= 15 is 0 Å². The highest BCUT2D eigenvalue weighted by molar-refractivity contribution is 5.96. The molecule has 0 aliphatic heterocycles. The summed E-state index contributed by atoms with van der Waals surface area (Å²) in [5.74, 6) is 0.204. The summed E-state index contributed by atoms with van der Waals surface area (Å²) < 4.78 is 1.77. The number of fused-ring (bicyclic) bond motifs is 1. The summed E-state index contributed by atoms with van der Waals surface area (Å²) in [7, 11) is 3.38. The Kier molecular flexibility index (Phi) is 6.13. The van der Waals surface area contributed by atoms with Crippen LogP contribution in [0.3, 0.4) is 0 Å². The zero-order valence-corrected chi connectivity index (χ0v) is 16.7. The molecule has 1 unspecified atom stereocenters. The molecule has 3 N–H and O–H groups in total. The Morgan fingerprint density at radius 2 is 1.83 bits per heavy atom. The van der Waals surface area contributed by atoms with Gasteiger partial charge in [-0.1, -0.05) is 12.1 Å². The lowest BCUT2D eigenvalue weighted by Gasteiger charge is -2.13. The van der Waals surface area contributed by atoms with Crippen molar-refractivity contribution in [1.29, 1.82) is 0 Å². The number of aromatic nitrogens is 2. The van der Waals surface area contributed by atoms with Crippen LogP contribution in [0.4, 0.5) is 11.6 Å². The summed E-state index contributed by atoms with van der Waals surface area (Å²) in [4.78, 5) is 30.6. The van der Waals surface area contributed by atoms with E-state index in [0.29, 0.717) is 23.7 Å². The molecule has 3 aromatic rings. The second-order valence-corrected chi connectivity index (χ2v) is 7.07. The first-order chi connectivity index (χ1) is 13.8. The number of nitrogens with one attached hydrogen (secondary N) is 2. The number of carbonyl (C=O) groups is 2. The molecule has 1 heterocycles. The topological polar surface area (TPSA) is 99.5 Å². The number of amides is 2. The zero-order valence-electron chi connectivity index (χ0n) is 16.7. The minimum atomic E-state index is -0.541. The van der Waals surface area contributed by atoms with Gasteiger partial charge in [-0.25, -0.2) is 4.98 Å². The average Bonchev–Trinajstić information content (AvgIpc) is 3.03. The fourth-order valence-corrected chi connectivity index (χ4v) is 2.91. The number of nitrogens with zero attached hydrogens (tertiary/aromatic N) is 3. The molecule has 152 valence electrons. The number of carbonyl (C=O) groups excluding carboxylic acids is 2. The van der Waals surface area contributed by atoms with Crippen molar-refractivity contribution >= 4 is 34.5 Å². The molecule has 0 aliphatic rings. The van der Waals surface area contributed by atoms with E-state index in [1.165, 1.54) is 4.90 Å². The first-order valence-corrected chi connectivity index (χ1v) is 9.34. The van der Waals surface area contributed by atoms with Gasteiger partial charge >= 0.3 is 0 Å². The SMILES string of the molecule is CC(O)CNc1nc2ccccc2n1CC(=O)Nc1ccc(C(=O)N(C)C)cc1. The highest BCUT2D eigenvalue weighted by atomic mass is 16.3. The first-order valence-electron chi connectivity index (χ1n) is 9.34. The Bertz CT molecular complexity index is 1010. The molecular weight excluding hydrogens is 370 g/mol. The standard InChI is InChI=1S/C21H25N5O3/c1-14(27)12-22-21-24-17-6-4-5-7-18(17)26(21)13-19(28)23-16-10-8-15(9-11-16)20(29)25(2)3/h4-11,14,27H,12-13H2,1-3H3,(H,22,24)(H,23,28). The molecule has 2 aromatic carbocycles. The number of hydrogen-bond donors (Lipinski definition) is 3. The molecule has 8 nitrogen and oxygen atoms in total. The molecule has 0 saturated carbocycles. The fraction of sp³-hybridized carbons (Fsp3) is 0.286. The number of para-hydroxylation sites is 2. The maximum atomic E-state index is 12.6. The maximum absolute atomic E-state index is 12.6. The highest BCUT2D eigenvalue weighted by Gasteiger charge is 2.14. The van der Waals surface area contributed by atoms with E-state index in [1.54, 1.807) is 49.9 Å². The van der Waals surface area contributed by atoms with Crippen LogP contribution in [0.5, 0.6) is 0 Å². The molecule has 2 amide bonds. The third-order valence-electron chi connectivity index (χ3n) is 4.33. The van der Waals surface area contributed by atoms with Crippen LogP contribution in [0.25, 0.3) is 11.0 Å². The van der Waals surface area contributed by atoms with Crippen molar-refractivity contribution in [3.8, 4) is 0 Å². The summed E-state index contributed by atoms with van der Waals surface area (Å²) >= 11 is 0. The van der Waals surface area contributed by atoms with E-state index < -0.39 is 6.10 Å². The fourth-order valence-electron chi connectivity index (χ4n) is 2.91. The molecule has 0 bridgehead atoms. The van der Waals surface area contributed by atoms with Crippen LogP contribution in [0, 0.1) is 0 Å². The first kappa shape index (κ1) is 20.3. The van der Waals surface area contributed by atoms with Crippen molar-refractivity contribution < 1.29 is 14.7 Å². The van der Waals surface area contributed by atoms with Crippen molar-refractivity contribution in [1.82, 2.24) is 14.5 Å². The Morgan fingerprint density at radius 3 is 2.48 bits per heavy atom. The number of benzene rings is 2. The van der Waals surface area contributed by atoms with Crippen molar-refractivity contribution in [2.24, 2.45) is 0 Å². The zero-order chi connectivity index (χ0) is 21.0. The van der Waals surface area contributed by atoms with Gasteiger partial charge in [0.15, 0.2) is 0 Å². The van der Waals surface area contributed by atoms with Crippen LogP contribution in [-0.4, -0.2) is 58.1 Å². The van der Waals surface area contributed by atoms with Crippen molar-refractivity contribution in [2.45, 2.75) is 19.6 Å². The summed E-state index contributed by atoms with van der Waals surface area (Å²) in [5, 5.41) is 15.5. The van der Waals surface area contributed by atoms with Gasteiger partial charge in [-0.3, -0.25) is 9.59 Å². The maximum Gasteiger partial charge on any atom is 0.253 e. The number of aliphatic hydroxyl groups excluding tert-OH is 1. The molecule has 0 spiro atoms. The van der Waals surface area contributed by atoms with Gasteiger partial charge in [-0.05, 0) is 43.3 Å².